The number of hydrogen-bond donors (Lipinski definition) is 2. The van der Waals surface area contributed by atoms with Crippen molar-refractivity contribution in [3.63, 3.8) is 0 Å². The van der Waals surface area contributed by atoms with Crippen molar-refractivity contribution in [2.45, 2.75) is 174 Å². The minimum atomic E-state index is -1.51. The molecule has 3 saturated heterocycles. The van der Waals surface area contributed by atoms with Crippen LogP contribution < -0.4 is 5.73 Å². The van der Waals surface area contributed by atoms with E-state index in [4.69, 9.17) is 29.4 Å². The number of carbonyl (C=O) groups is 8. The number of ether oxygens (including phenoxy) is 6. The Balaban J connectivity index is 0.000000242. The number of piperidine rings is 2. The normalized spacial score (nSPS) is 24.3. The molecule has 2 aromatic carbocycles. The number of likely N-dealkylation sites (tertiary alicyclic amines) is 2. The van der Waals surface area contributed by atoms with E-state index in [1.54, 1.807) is 83.1 Å². The summed E-state index contributed by atoms with van der Waals surface area (Å²) in [4.78, 5) is 101. The zero-order valence-electron chi connectivity index (χ0n) is 44.7. The Bertz CT molecular complexity index is 2620. The number of rotatable bonds is 8. The van der Waals surface area contributed by atoms with Gasteiger partial charge < -0.3 is 39.3 Å². The molecule has 2 unspecified atom stereocenters. The summed E-state index contributed by atoms with van der Waals surface area (Å²) in [5, 5.41) is 11.1. The largest absolute Gasteiger partial charge is 0.509 e. The van der Waals surface area contributed by atoms with Crippen molar-refractivity contribution in [1.29, 1.82) is 0 Å². The van der Waals surface area contributed by atoms with Crippen LogP contribution in [0.4, 0.5) is 31.9 Å². The zero-order valence-corrected chi connectivity index (χ0v) is 44.7. The number of aliphatic hydroxyl groups excluding tert-OH is 1. The Morgan fingerprint density at radius 2 is 0.960 bits per heavy atom. The standard InChI is InChI=1S/C25H31F2NO6.C23H25F2NO7.C5H11NO2/c1-23(2,3)33-20(31)11-17(29)10-19(30)21-18-12-25(18,14-7-15(26)9-16(27)8-14)13-28(21)22(32)34-24(4,5)6;1-21(2,3)33-20(30)26-10-23(11-6-12(24)8-13(25)7-11)9-14(23)16(26)17(27)15-18(28)31-22(4,5)32-19(15)29;1-5(2,3)8-4(6)7/h7-9,18,21H,10-13H2,1-6H3;6-8,14,16,27H,9-10H2,1-5H3;1-3H3,(H2,6,7)/t18-,21?,25+;14-,16?,23+;/m00./s1. The maximum absolute atomic E-state index is 13.9. The number of primary amides is 1. The number of nitrogens with two attached hydrogens (primary N) is 1. The highest BCUT2D eigenvalue weighted by atomic mass is 19.1. The number of carbonyl (C=O) groups excluding carboxylic acids is 8. The Labute approximate surface area is 432 Å². The lowest BCUT2D eigenvalue weighted by molar-refractivity contribution is -0.223. The van der Waals surface area contributed by atoms with E-state index < -0.39 is 158 Å². The van der Waals surface area contributed by atoms with E-state index in [1.165, 1.54) is 47.9 Å². The molecule has 0 spiro atoms. The van der Waals surface area contributed by atoms with Crippen LogP contribution in [0.5, 0.6) is 0 Å². The van der Waals surface area contributed by atoms with E-state index >= 15 is 0 Å². The second-order valence-electron chi connectivity index (χ2n) is 23.8. The molecular weight excluding hydrogens is 995 g/mol. The maximum Gasteiger partial charge on any atom is 0.410 e. The van der Waals surface area contributed by atoms with Crippen molar-refractivity contribution in [2.75, 3.05) is 13.1 Å². The number of nitrogens with zero attached hydrogens (tertiary/aromatic N) is 2. The topological polar surface area (TPSA) is 245 Å². The van der Waals surface area contributed by atoms with Crippen molar-refractivity contribution in [2.24, 2.45) is 17.6 Å². The van der Waals surface area contributed by atoms with Gasteiger partial charge >= 0.3 is 36.2 Å². The molecule has 75 heavy (non-hydrogen) atoms. The minimum Gasteiger partial charge on any atom is -0.509 e. The first-order chi connectivity index (χ1) is 34.1. The summed E-state index contributed by atoms with van der Waals surface area (Å²) in [7, 11) is 0. The number of hydrogen-bond acceptors (Lipinski definition) is 15. The van der Waals surface area contributed by atoms with Crippen LogP contribution in [-0.2, 0) is 63.2 Å². The van der Waals surface area contributed by atoms with E-state index in [9.17, 15) is 61.0 Å². The van der Waals surface area contributed by atoms with Gasteiger partial charge in [-0.25, -0.2) is 41.5 Å². The number of Topliss-reactive ketones (excluding diaryl/α,β-unsaturated/α-hetero) is 2. The molecule has 2 aromatic rings. The van der Waals surface area contributed by atoms with Crippen molar-refractivity contribution < 1.29 is 89.4 Å². The average molecular weight is 1060 g/mol. The summed E-state index contributed by atoms with van der Waals surface area (Å²) < 4.78 is 86.5. The molecule has 2 aliphatic carbocycles. The van der Waals surface area contributed by atoms with Crippen LogP contribution in [-0.4, -0.2) is 116 Å². The summed E-state index contributed by atoms with van der Waals surface area (Å²) in [5.41, 5.74) is 0.0721. The first-order valence-electron chi connectivity index (χ1n) is 24.1. The molecule has 412 valence electrons. The fourth-order valence-corrected chi connectivity index (χ4v) is 9.57. The Hall–Kier alpha value is -6.74. The third kappa shape index (κ3) is 14.8. The highest BCUT2D eigenvalue weighted by molar-refractivity contribution is 6.16. The third-order valence-corrected chi connectivity index (χ3v) is 12.2. The molecule has 0 bridgehead atoms. The van der Waals surface area contributed by atoms with Crippen LogP contribution in [0.15, 0.2) is 47.7 Å². The SMILES string of the molecule is CC(C)(C)OC(=O)CC(=O)CC(=O)C1[C@@H]2C[C@]2(c2cc(F)cc(F)c2)CN1C(=O)OC(C)(C)C.CC(C)(C)OC(=O)N1C[C@@]2(c3cc(F)cc(F)c3)C[C@H]2C1C(O)=C1C(=O)OC(C)(C)OC1=O.CC(C)(C)OC(N)=O. The van der Waals surface area contributed by atoms with Gasteiger partial charge in [0.1, 0.15) is 57.9 Å². The lowest BCUT2D eigenvalue weighted by atomic mass is 9.93. The van der Waals surface area contributed by atoms with E-state index in [2.05, 4.69) is 4.74 Å². The monoisotopic (exact) mass is 1060 g/mol. The van der Waals surface area contributed by atoms with Crippen molar-refractivity contribution >= 4 is 47.8 Å². The molecule has 2 saturated carbocycles. The molecule has 3 amide bonds. The van der Waals surface area contributed by atoms with Gasteiger partial charge in [0.05, 0.1) is 18.5 Å². The van der Waals surface area contributed by atoms with Crippen LogP contribution in [0.3, 0.4) is 0 Å². The highest BCUT2D eigenvalue weighted by Crippen LogP contribution is 2.64. The molecule has 5 aliphatic rings. The second kappa shape index (κ2) is 20.8. The molecule has 3 heterocycles. The average Bonchev–Trinajstić information content (AvgIpc) is 4.02. The fraction of sp³-hybridized carbons (Fsp3) is 0.585. The summed E-state index contributed by atoms with van der Waals surface area (Å²) in [6, 6.07) is 4.11. The van der Waals surface area contributed by atoms with Gasteiger partial charge in [-0.05, 0) is 143 Å². The van der Waals surface area contributed by atoms with Gasteiger partial charge in [0.25, 0.3) is 5.79 Å². The van der Waals surface area contributed by atoms with Crippen LogP contribution in [0.2, 0.25) is 0 Å². The Kier molecular flexibility index (Phi) is 16.4. The van der Waals surface area contributed by atoms with E-state index in [0.29, 0.717) is 24.0 Å². The predicted molar refractivity (Wildman–Crippen MR) is 257 cm³/mol. The summed E-state index contributed by atoms with van der Waals surface area (Å²) >= 11 is 0. The van der Waals surface area contributed by atoms with Gasteiger partial charge in [-0.15, -0.1) is 0 Å². The number of halogens is 4. The van der Waals surface area contributed by atoms with Gasteiger partial charge in [0.15, 0.2) is 17.1 Å². The molecular formula is C53H67F4N3O15. The van der Waals surface area contributed by atoms with Crippen LogP contribution in [0.25, 0.3) is 0 Å². The Morgan fingerprint density at radius 3 is 1.31 bits per heavy atom. The minimum absolute atomic E-state index is 0.0339. The third-order valence-electron chi connectivity index (χ3n) is 12.2. The van der Waals surface area contributed by atoms with Gasteiger partial charge in [0, 0.05) is 49.9 Å². The van der Waals surface area contributed by atoms with Gasteiger partial charge in [-0.2, -0.15) is 0 Å². The number of cyclic esters (lactones) is 2. The first kappa shape index (κ1) is 59.1. The van der Waals surface area contributed by atoms with Crippen LogP contribution >= 0.6 is 0 Å². The van der Waals surface area contributed by atoms with Crippen molar-refractivity contribution in [3.8, 4) is 0 Å². The van der Waals surface area contributed by atoms with E-state index in [0.717, 1.165) is 12.1 Å². The molecule has 5 fully saturated rings. The van der Waals surface area contributed by atoms with E-state index in [-0.39, 0.29) is 13.1 Å². The molecule has 22 heteroatoms. The molecule has 0 aromatic heterocycles. The lowest BCUT2D eigenvalue weighted by Gasteiger charge is -2.33. The maximum atomic E-state index is 13.9. The van der Waals surface area contributed by atoms with Crippen LogP contribution in [0, 0.1) is 35.1 Å². The molecule has 7 rings (SSSR count). The quantitative estimate of drug-likeness (QED) is 0.0479. The molecule has 3 aliphatic heterocycles. The molecule has 3 N–H and O–H groups in total. The summed E-state index contributed by atoms with van der Waals surface area (Å²) in [5.74, 6) is -10.3. The number of fused-ring (bicyclic) bond motifs is 2. The Morgan fingerprint density at radius 1 is 0.600 bits per heavy atom. The number of esters is 3. The predicted octanol–water partition coefficient (Wildman–Crippen LogP) is 8.47. The number of aliphatic hydroxyl groups is 1. The fourth-order valence-electron chi connectivity index (χ4n) is 9.57. The molecule has 6 atom stereocenters. The smallest absolute Gasteiger partial charge is 0.410 e. The lowest BCUT2D eigenvalue weighted by Crippen LogP contribution is -2.46. The number of benzene rings is 2. The molecule has 18 nitrogen and oxygen atoms in total. The second-order valence-corrected chi connectivity index (χ2v) is 23.8. The number of ketones is 2. The van der Waals surface area contributed by atoms with Crippen LogP contribution in [0.1, 0.15) is 134 Å². The van der Waals surface area contributed by atoms with E-state index in [1.807, 2.05) is 0 Å². The first-order valence-corrected chi connectivity index (χ1v) is 24.1. The van der Waals surface area contributed by atoms with Crippen molar-refractivity contribution in [1.82, 2.24) is 9.80 Å². The number of amides is 3. The zero-order chi connectivity index (χ0) is 56.9. The highest BCUT2D eigenvalue weighted by Gasteiger charge is 2.70. The summed E-state index contributed by atoms with van der Waals surface area (Å²) in [6.45, 7) is 23.0. The van der Waals surface area contributed by atoms with Gasteiger partial charge in [-0.3, -0.25) is 24.2 Å². The molecule has 0 radical (unpaired) electrons. The summed E-state index contributed by atoms with van der Waals surface area (Å²) in [6.07, 6.45) is -2.59. The van der Waals surface area contributed by atoms with Crippen molar-refractivity contribution in [3.05, 3.63) is 82.1 Å². The van der Waals surface area contributed by atoms with Gasteiger partial charge in [0.2, 0.25) is 0 Å². The van der Waals surface area contributed by atoms with Gasteiger partial charge in [-0.1, -0.05) is 0 Å².